The van der Waals surface area contributed by atoms with Crippen LogP contribution in [-0.4, -0.2) is 17.7 Å². The molecule has 2 aromatic rings. The van der Waals surface area contributed by atoms with Crippen molar-refractivity contribution in [3.8, 4) is 11.8 Å². The van der Waals surface area contributed by atoms with Gasteiger partial charge in [-0.05, 0) is 29.3 Å². The lowest BCUT2D eigenvalue weighted by molar-refractivity contribution is 0.140. The van der Waals surface area contributed by atoms with Gasteiger partial charge in [0, 0.05) is 23.6 Å². The molecule has 2 rings (SSSR count). The summed E-state index contributed by atoms with van der Waals surface area (Å²) in [5.41, 5.74) is 2.36. The van der Waals surface area contributed by atoms with Crippen LogP contribution in [0.4, 0.5) is 4.79 Å². The van der Waals surface area contributed by atoms with Crippen LogP contribution >= 0.6 is 11.6 Å². The highest BCUT2D eigenvalue weighted by Gasteiger charge is 2.01. The summed E-state index contributed by atoms with van der Waals surface area (Å²) in [7, 11) is 0. The Morgan fingerprint density at radius 3 is 2.75 bits per heavy atom. The Bertz CT molecular complexity index is 735. The summed E-state index contributed by atoms with van der Waals surface area (Å²) in [5.74, 6) is 5.92. The monoisotopic (exact) mass is 343 g/mol. The SMILES string of the molecule is O=C(NCCC#Cc1ccc(Cl)c(CO)c1)OCc1ccccc1. The summed E-state index contributed by atoms with van der Waals surface area (Å²) in [5, 5.41) is 12.3. The molecule has 0 radical (unpaired) electrons. The molecule has 0 heterocycles. The van der Waals surface area contributed by atoms with Crippen molar-refractivity contribution in [2.45, 2.75) is 19.6 Å². The van der Waals surface area contributed by atoms with Crippen LogP contribution in [0, 0.1) is 11.8 Å². The van der Waals surface area contributed by atoms with Gasteiger partial charge >= 0.3 is 6.09 Å². The van der Waals surface area contributed by atoms with E-state index >= 15 is 0 Å². The van der Waals surface area contributed by atoms with E-state index in [2.05, 4.69) is 17.2 Å². The molecule has 124 valence electrons. The number of hydrogen-bond donors (Lipinski definition) is 2. The van der Waals surface area contributed by atoms with Crippen LogP contribution < -0.4 is 5.32 Å². The highest BCUT2D eigenvalue weighted by molar-refractivity contribution is 6.31. The summed E-state index contributed by atoms with van der Waals surface area (Å²) in [6.07, 6.45) is 0.0343. The number of carbonyl (C=O) groups excluding carboxylic acids is 1. The average Bonchev–Trinajstić information content (AvgIpc) is 2.62. The fourth-order valence-corrected chi connectivity index (χ4v) is 2.12. The van der Waals surface area contributed by atoms with Crippen LogP contribution in [0.15, 0.2) is 48.5 Å². The van der Waals surface area contributed by atoms with E-state index in [0.717, 1.165) is 11.1 Å². The molecule has 0 fully saturated rings. The van der Waals surface area contributed by atoms with E-state index in [1.54, 1.807) is 18.2 Å². The van der Waals surface area contributed by atoms with Crippen molar-refractivity contribution in [1.29, 1.82) is 0 Å². The van der Waals surface area contributed by atoms with Gasteiger partial charge in [-0.1, -0.05) is 53.8 Å². The Kier molecular flexibility index (Phi) is 7.16. The molecule has 0 atom stereocenters. The van der Waals surface area contributed by atoms with E-state index in [9.17, 15) is 4.79 Å². The van der Waals surface area contributed by atoms with Crippen molar-refractivity contribution in [2.75, 3.05) is 6.54 Å². The second kappa shape index (κ2) is 9.61. The van der Waals surface area contributed by atoms with Gasteiger partial charge < -0.3 is 15.2 Å². The van der Waals surface area contributed by atoms with E-state index < -0.39 is 6.09 Å². The number of halogens is 1. The maximum absolute atomic E-state index is 11.5. The molecule has 0 saturated heterocycles. The Morgan fingerprint density at radius 2 is 2.00 bits per heavy atom. The summed E-state index contributed by atoms with van der Waals surface area (Å²) < 4.78 is 5.10. The van der Waals surface area contributed by atoms with Gasteiger partial charge in [-0.15, -0.1) is 0 Å². The third-order valence-electron chi connectivity index (χ3n) is 3.18. The van der Waals surface area contributed by atoms with Crippen LogP contribution in [0.2, 0.25) is 5.02 Å². The highest BCUT2D eigenvalue weighted by atomic mass is 35.5. The number of carbonyl (C=O) groups is 1. The molecule has 2 N–H and O–H groups in total. The van der Waals surface area contributed by atoms with Gasteiger partial charge in [-0.25, -0.2) is 4.79 Å². The molecular formula is C19H18ClNO3. The number of amides is 1. The van der Waals surface area contributed by atoms with Crippen LogP contribution in [0.25, 0.3) is 0 Å². The zero-order valence-electron chi connectivity index (χ0n) is 13.1. The van der Waals surface area contributed by atoms with E-state index in [0.29, 0.717) is 23.6 Å². The first-order chi connectivity index (χ1) is 11.7. The zero-order chi connectivity index (χ0) is 17.2. The van der Waals surface area contributed by atoms with E-state index in [1.807, 2.05) is 30.3 Å². The smallest absolute Gasteiger partial charge is 0.407 e. The summed E-state index contributed by atoms with van der Waals surface area (Å²) in [4.78, 5) is 11.5. The van der Waals surface area contributed by atoms with Gasteiger partial charge in [0.25, 0.3) is 0 Å². The molecule has 0 aliphatic heterocycles. The fraction of sp³-hybridized carbons (Fsp3) is 0.211. The maximum Gasteiger partial charge on any atom is 0.407 e. The van der Waals surface area contributed by atoms with Gasteiger partial charge in [-0.3, -0.25) is 0 Å². The number of ether oxygens (including phenoxy) is 1. The molecule has 1 amide bonds. The molecule has 0 aliphatic rings. The third kappa shape index (κ3) is 5.96. The molecule has 4 nitrogen and oxygen atoms in total. The Balaban J connectivity index is 1.70. The van der Waals surface area contributed by atoms with E-state index in [-0.39, 0.29) is 13.2 Å². The quantitative estimate of drug-likeness (QED) is 0.645. The normalized spacial score (nSPS) is 9.75. The second-order valence-electron chi connectivity index (χ2n) is 5.00. The largest absolute Gasteiger partial charge is 0.445 e. The number of aliphatic hydroxyl groups is 1. The number of benzene rings is 2. The summed E-state index contributed by atoms with van der Waals surface area (Å²) in [6, 6.07) is 14.7. The van der Waals surface area contributed by atoms with E-state index in [4.69, 9.17) is 21.4 Å². The van der Waals surface area contributed by atoms with Gasteiger partial charge in [0.2, 0.25) is 0 Å². The first-order valence-corrected chi connectivity index (χ1v) is 7.89. The van der Waals surface area contributed by atoms with Crippen molar-refractivity contribution in [2.24, 2.45) is 0 Å². The second-order valence-corrected chi connectivity index (χ2v) is 5.41. The third-order valence-corrected chi connectivity index (χ3v) is 3.55. The molecule has 0 bridgehead atoms. The molecule has 0 unspecified atom stereocenters. The number of alkyl carbamates (subject to hydrolysis) is 1. The average molecular weight is 344 g/mol. The minimum atomic E-state index is -0.463. The van der Waals surface area contributed by atoms with Gasteiger partial charge in [-0.2, -0.15) is 0 Å². The predicted molar refractivity (Wildman–Crippen MR) is 93.5 cm³/mol. The van der Waals surface area contributed by atoms with Crippen molar-refractivity contribution < 1.29 is 14.6 Å². The first-order valence-electron chi connectivity index (χ1n) is 7.52. The predicted octanol–water partition coefficient (Wildman–Crippen LogP) is 3.50. The molecule has 0 aromatic heterocycles. The van der Waals surface area contributed by atoms with Crippen LogP contribution in [0.5, 0.6) is 0 Å². The molecule has 0 saturated carbocycles. The maximum atomic E-state index is 11.5. The number of hydrogen-bond acceptors (Lipinski definition) is 3. The number of aliphatic hydroxyl groups excluding tert-OH is 1. The Morgan fingerprint density at radius 1 is 1.21 bits per heavy atom. The standard InChI is InChI=1S/C19H18ClNO3/c20-18-10-9-15(12-17(18)13-22)6-4-5-11-21-19(23)24-14-16-7-2-1-3-8-16/h1-3,7-10,12,22H,5,11,13-14H2,(H,21,23). The summed E-state index contributed by atoms with van der Waals surface area (Å²) in [6.45, 7) is 0.525. The summed E-state index contributed by atoms with van der Waals surface area (Å²) >= 11 is 5.92. The minimum absolute atomic E-state index is 0.122. The highest BCUT2D eigenvalue weighted by Crippen LogP contribution is 2.16. The molecular weight excluding hydrogens is 326 g/mol. The van der Waals surface area contributed by atoms with Crippen molar-refractivity contribution in [3.05, 3.63) is 70.2 Å². The fourth-order valence-electron chi connectivity index (χ4n) is 1.94. The molecule has 5 heteroatoms. The first kappa shape index (κ1) is 17.9. The Hall–Kier alpha value is -2.48. The van der Waals surface area contributed by atoms with Crippen LogP contribution in [-0.2, 0) is 18.0 Å². The van der Waals surface area contributed by atoms with Crippen LogP contribution in [0.3, 0.4) is 0 Å². The van der Waals surface area contributed by atoms with Crippen molar-refractivity contribution in [1.82, 2.24) is 5.32 Å². The molecule has 0 aliphatic carbocycles. The topological polar surface area (TPSA) is 58.6 Å². The van der Waals surface area contributed by atoms with E-state index in [1.165, 1.54) is 0 Å². The van der Waals surface area contributed by atoms with Gasteiger partial charge in [0.15, 0.2) is 0 Å². The van der Waals surface area contributed by atoms with Gasteiger partial charge in [0.1, 0.15) is 6.61 Å². The molecule has 2 aromatic carbocycles. The minimum Gasteiger partial charge on any atom is -0.445 e. The van der Waals surface area contributed by atoms with Crippen molar-refractivity contribution in [3.63, 3.8) is 0 Å². The van der Waals surface area contributed by atoms with Crippen molar-refractivity contribution >= 4 is 17.7 Å². The van der Waals surface area contributed by atoms with Gasteiger partial charge in [0.05, 0.1) is 6.61 Å². The number of nitrogens with one attached hydrogen (secondary N) is 1. The Labute approximate surface area is 146 Å². The molecule has 24 heavy (non-hydrogen) atoms. The molecule has 0 spiro atoms. The lowest BCUT2D eigenvalue weighted by Crippen LogP contribution is -2.24. The van der Waals surface area contributed by atoms with Crippen LogP contribution in [0.1, 0.15) is 23.1 Å². The lowest BCUT2D eigenvalue weighted by atomic mass is 10.1. The number of rotatable bonds is 5. The lowest BCUT2D eigenvalue weighted by Gasteiger charge is -2.05. The zero-order valence-corrected chi connectivity index (χ0v) is 13.8.